The minimum absolute atomic E-state index is 0.109. The van der Waals surface area contributed by atoms with E-state index >= 15 is 0 Å². The second-order valence-corrected chi connectivity index (χ2v) is 6.66. The van der Waals surface area contributed by atoms with E-state index in [4.69, 9.17) is 14.2 Å². The van der Waals surface area contributed by atoms with Crippen LogP contribution in [0.2, 0.25) is 0 Å². The number of amides is 1. The number of nitrogens with zero attached hydrogens (tertiary/aromatic N) is 1. The van der Waals surface area contributed by atoms with Gasteiger partial charge in [0.2, 0.25) is 11.7 Å². The van der Waals surface area contributed by atoms with E-state index in [0.29, 0.717) is 30.0 Å². The summed E-state index contributed by atoms with van der Waals surface area (Å²) in [5.41, 5.74) is 1.24. The molecule has 2 aromatic rings. The number of Topliss-reactive ketones (excluding diaryl/α,β-unsaturated/α-hetero) is 1. The molecule has 1 atom stereocenters. The predicted octanol–water partition coefficient (Wildman–Crippen LogP) is 3.02. The smallest absolute Gasteiger partial charge is 0.344 e. The SMILES string of the molecule is COc1ccc(C(=O)C(C)OC(=O)COc2ccc(N3CCCC3=O)cc2)cc1. The molecule has 0 N–H and O–H groups in total. The van der Waals surface area contributed by atoms with E-state index in [1.54, 1.807) is 60.5 Å². The Morgan fingerprint density at radius 2 is 1.69 bits per heavy atom. The molecule has 7 nitrogen and oxygen atoms in total. The summed E-state index contributed by atoms with van der Waals surface area (Å²) in [6, 6.07) is 13.5. The van der Waals surface area contributed by atoms with Crippen LogP contribution in [0.1, 0.15) is 30.1 Å². The fourth-order valence-corrected chi connectivity index (χ4v) is 3.06. The van der Waals surface area contributed by atoms with Gasteiger partial charge in [0.25, 0.3) is 0 Å². The van der Waals surface area contributed by atoms with Gasteiger partial charge in [-0.05, 0) is 61.9 Å². The summed E-state index contributed by atoms with van der Waals surface area (Å²) < 4.78 is 15.6. The van der Waals surface area contributed by atoms with Crippen LogP contribution in [-0.4, -0.2) is 44.0 Å². The second-order valence-electron chi connectivity index (χ2n) is 6.66. The minimum Gasteiger partial charge on any atom is -0.497 e. The lowest BCUT2D eigenvalue weighted by molar-refractivity contribution is -0.148. The van der Waals surface area contributed by atoms with Crippen molar-refractivity contribution in [2.75, 3.05) is 25.2 Å². The highest BCUT2D eigenvalue weighted by Gasteiger charge is 2.22. The maximum Gasteiger partial charge on any atom is 0.344 e. The van der Waals surface area contributed by atoms with Crippen LogP contribution in [0.5, 0.6) is 11.5 Å². The Bertz CT molecular complexity index is 875. The minimum atomic E-state index is -0.928. The Labute approximate surface area is 169 Å². The zero-order valence-electron chi connectivity index (χ0n) is 16.4. The molecule has 152 valence electrons. The lowest BCUT2D eigenvalue weighted by Crippen LogP contribution is -2.27. The number of carbonyl (C=O) groups is 3. The Hall–Kier alpha value is -3.35. The average molecular weight is 397 g/mol. The predicted molar refractivity (Wildman–Crippen MR) is 106 cm³/mol. The van der Waals surface area contributed by atoms with E-state index in [0.717, 1.165) is 12.1 Å². The van der Waals surface area contributed by atoms with Gasteiger partial charge in [-0.15, -0.1) is 0 Å². The molecule has 1 unspecified atom stereocenters. The summed E-state index contributed by atoms with van der Waals surface area (Å²) in [5, 5.41) is 0. The van der Waals surface area contributed by atoms with Gasteiger partial charge in [-0.3, -0.25) is 9.59 Å². The zero-order chi connectivity index (χ0) is 20.8. The maximum atomic E-state index is 12.4. The summed E-state index contributed by atoms with van der Waals surface area (Å²) in [5.74, 6) is 0.280. The van der Waals surface area contributed by atoms with Crippen molar-refractivity contribution >= 4 is 23.3 Å². The Morgan fingerprint density at radius 1 is 1.03 bits per heavy atom. The summed E-state index contributed by atoms with van der Waals surface area (Å²) in [4.78, 5) is 37.9. The number of methoxy groups -OCH3 is 1. The topological polar surface area (TPSA) is 82.1 Å². The highest BCUT2D eigenvalue weighted by molar-refractivity contribution is 6.00. The van der Waals surface area contributed by atoms with Crippen molar-refractivity contribution in [3.05, 3.63) is 54.1 Å². The summed E-state index contributed by atoms with van der Waals surface area (Å²) in [6.45, 7) is 1.92. The fraction of sp³-hybridized carbons (Fsp3) is 0.318. The number of anilines is 1. The first-order valence-corrected chi connectivity index (χ1v) is 9.39. The lowest BCUT2D eigenvalue weighted by Gasteiger charge is -2.16. The van der Waals surface area contributed by atoms with Crippen molar-refractivity contribution in [2.45, 2.75) is 25.9 Å². The molecule has 1 aliphatic heterocycles. The molecular weight excluding hydrogens is 374 g/mol. The van der Waals surface area contributed by atoms with E-state index in [2.05, 4.69) is 0 Å². The lowest BCUT2D eigenvalue weighted by atomic mass is 10.1. The van der Waals surface area contributed by atoms with Gasteiger partial charge in [-0.25, -0.2) is 4.79 Å². The van der Waals surface area contributed by atoms with Gasteiger partial charge in [-0.1, -0.05) is 0 Å². The molecule has 1 aliphatic rings. The van der Waals surface area contributed by atoms with Crippen molar-refractivity contribution in [1.29, 1.82) is 0 Å². The summed E-state index contributed by atoms with van der Waals surface area (Å²) in [6.07, 6.45) is 0.497. The normalized spacial score (nSPS) is 14.4. The van der Waals surface area contributed by atoms with Gasteiger partial charge in [0.05, 0.1) is 7.11 Å². The van der Waals surface area contributed by atoms with Crippen LogP contribution in [0.4, 0.5) is 5.69 Å². The standard InChI is InChI=1S/C22H23NO6/c1-15(22(26)16-5-9-18(27-2)10-6-16)29-21(25)14-28-19-11-7-17(8-12-19)23-13-3-4-20(23)24/h5-12,15H,3-4,13-14H2,1-2H3. The molecule has 1 heterocycles. The quantitative estimate of drug-likeness (QED) is 0.503. The van der Waals surface area contributed by atoms with Crippen LogP contribution in [-0.2, 0) is 14.3 Å². The largest absolute Gasteiger partial charge is 0.497 e. The average Bonchev–Trinajstić information content (AvgIpc) is 3.18. The van der Waals surface area contributed by atoms with Gasteiger partial charge < -0.3 is 19.1 Å². The molecular formula is C22H23NO6. The Morgan fingerprint density at radius 3 is 2.28 bits per heavy atom. The van der Waals surface area contributed by atoms with E-state index in [-0.39, 0.29) is 18.3 Å². The summed E-state index contributed by atoms with van der Waals surface area (Å²) >= 11 is 0. The van der Waals surface area contributed by atoms with Gasteiger partial charge in [0, 0.05) is 24.2 Å². The number of carbonyl (C=O) groups excluding carboxylic acids is 3. The number of hydrogen-bond donors (Lipinski definition) is 0. The number of ether oxygens (including phenoxy) is 3. The van der Waals surface area contributed by atoms with Gasteiger partial charge in [0.15, 0.2) is 12.7 Å². The van der Waals surface area contributed by atoms with E-state index < -0.39 is 12.1 Å². The first kappa shape index (κ1) is 20.4. The van der Waals surface area contributed by atoms with Crippen LogP contribution in [0, 0.1) is 0 Å². The molecule has 0 aliphatic carbocycles. The zero-order valence-corrected chi connectivity index (χ0v) is 16.4. The third-order valence-corrected chi connectivity index (χ3v) is 4.63. The van der Waals surface area contributed by atoms with Crippen LogP contribution >= 0.6 is 0 Å². The van der Waals surface area contributed by atoms with Crippen LogP contribution < -0.4 is 14.4 Å². The molecule has 0 aromatic heterocycles. The van der Waals surface area contributed by atoms with Crippen molar-refractivity contribution < 1.29 is 28.6 Å². The van der Waals surface area contributed by atoms with Crippen molar-refractivity contribution in [3.63, 3.8) is 0 Å². The van der Waals surface area contributed by atoms with E-state index in [1.807, 2.05) is 0 Å². The molecule has 3 rings (SSSR count). The monoisotopic (exact) mass is 397 g/mol. The molecule has 29 heavy (non-hydrogen) atoms. The van der Waals surface area contributed by atoms with Gasteiger partial charge in [-0.2, -0.15) is 0 Å². The number of ketones is 1. The third kappa shape index (κ3) is 5.13. The molecule has 1 fully saturated rings. The maximum absolute atomic E-state index is 12.4. The molecule has 0 saturated carbocycles. The van der Waals surface area contributed by atoms with Crippen LogP contribution in [0.3, 0.4) is 0 Å². The molecule has 0 bridgehead atoms. The highest BCUT2D eigenvalue weighted by Crippen LogP contribution is 2.24. The Balaban J connectivity index is 1.48. The van der Waals surface area contributed by atoms with Gasteiger partial charge >= 0.3 is 5.97 Å². The van der Waals surface area contributed by atoms with E-state index in [1.165, 1.54) is 6.92 Å². The second kappa shape index (κ2) is 9.23. The Kier molecular flexibility index (Phi) is 6.49. The first-order chi connectivity index (χ1) is 14.0. The van der Waals surface area contributed by atoms with Gasteiger partial charge in [0.1, 0.15) is 11.5 Å². The molecule has 0 spiro atoms. The van der Waals surface area contributed by atoms with Crippen LogP contribution in [0.25, 0.3) is 0 Å². The van der Waals surface area contributed by atoms with Crippen molar-refractivity contribution in [1.82, 2.24) is 0 Å². The fourth-order valence-electron chi connectivity index (χ4n) is 3.06. The molecule has 1 amide bonds. The van der Waals surface area contributed by atoms with E-state index in [9.17, 15) is 14.4 Å². The number of hydrogen-bond acceptors (Lipinski definition) is 6. The first-order valence-electron chi connectivity index (χ1n) is 9.39. The number of rotatable bonds is 8. The molecule has 0 radical (unpaired) electrons. The van der Waals surface area contributed by atoms with Crippen molar-refractivity contribution in [3.8, 4) is 11.5 Å². The molecule has 7 heteroatoms. The number of benzene rings is 2. The molecule has 2 aromatic carbocycles. The highest BCUT2D eigenvalue weighted by atomic mass is 16.6. The van der Waals surface area contributed by atoms with Crippen molar-refractivity contribution in [2.24, 2.45) is 0 Å². The third-order valence-electron chi connectivity index (χ3n) is 4.63. The van der Waals surface area contributed by atoms with Crippen LogP contribution in [0.15, 0.2) is 48.5 Å². The summed E-state index contributed by atoms with van der Waals surface area (Å²) in [7, 11) is 1.54. The number of esters is 1. The molecule has 1 saturated heterocycles.